The van der Waals surface area contributed by atoms with Crippen molar-refractivity contribution in [2.45, 2.75) is 19.4 Å². The molecule has 1 heterocycles. The minimum atomic E-state index is 0.589. The van der Waals surface area contributed by atoms with Gasteiger partial charge < -0.3 is 24.7 Å². The Hall–Kier alpha value is -1.79. The van der Waals surface area contributed by atoms with Gasteiger partial charge in [-0.2, -0.15) is 0 Å². The number of rotatable bonds is 8. The van der Waals surface area contributed by atoms with Gasteiger partial charge in [0.2, 0.25) is 0 Å². The molecule has 0 aliphatic rings. The van der Waals surface area contributed by atoms with Gasteiger partial charge in [-0.1, -0.05) is 0 Å². The molecular formula is C16H26N4O2. The first-order valence-corrected chi connectivity index (χ1v) is 7.56. The molecule has 1 aromatic heterocycles. The number of ether oxygens (including phenoxy) is 2. The Morgan fingerprint density at radius 2 is 1.86 bits per heavy atom. The standard InChI is InChI=1S/C16H26N4O2/c1-19(2)8-5-9-20-13-11-15(22-4)14(21-3)10-12(13)18-16(20)6-7-17/h10-11H,5-9,17H2,1-4H3. The first-order chi connectivity index (χ1) is 10.6. The van der Waals surface area contributed by atoms with Crippen LogP contribution in [0.25, 0.3) is 11.0 Å². The Kier molecular flexibility index (Phi) is 5.63. The van der Waals surface area contributed by atoms with Gasteiger partial charge >= 0.3 is 0 Å². The molecule has 0 unspecified atom stereocenters. The van der Waals surface area contributed by atoms with Crippen molar-refractivity contribution in [1.29, 1.82) is 0 Å². The maximum absolute atomic E-state index is 5.73. The lowest BCUT2D eigenvalue weighted by atomic mass is 10.2. The predicted molar refractivity (Wildman–Crippen MR) is 88.8 cm³/mol. The van der Waals surface area contributed by atoms with E-state index in [1.165, 1.54) is 0 Å². The second-order valence-electron chi connectivity index (χ2n) is 5.57. The maximum atomic E-state index is 5.73. The third-order valence-corrected chi connectivity index (χ3v) is 3.69. The number of aromatic nitrogens is 2. The van der Waals surface area contributed by atoms with Gasteiger partial charge in [-0.15, -0.1) is 0 Å². The van der Waals surface area contributed by atoms with Crippen LogP contribution in [0.5, 0.6) is 11.5 Å². The lowest BCUT2D eigenvalue weighted by Crippen LogP contribution is -2.16. The van der Waals surface area contributed by atoms with Crippen molar-refractivity contribution in [3.05, 3.63) is 18.0 Å². The van der Waals surface area contributed by atoms with Crippen molar-refractivity contribution in [3.63, 3.8) is 0 Å². The summed E-state index contributed by atoms with van der Waals surface area (Å²) in [7, 11) is 7.46. The molecule has 1 aromatic carbocycles. The summed E-state index contributed by atoms with van der Waals surface area (Å²) >= 11 is 0. The van der Waals surface area contributed by atoms with Gasteiger partial charge in [-0.05, 0) is 33.6 Å². The van der Waals surface area contributed by atoms with Gasteiger partial charge in [0.15, 0.2) is 11.5 Å². The normalized spacial score (nSPS) is 11.4. The van der Waals surface area contributed by atoms with Crippen molar-refractivity contribution in [2.75, 3.05) is 41.4 Å². The van der Waals surface area contributed by atoms with Crippen LogP contribution in [-0.4, -0.2) is 55.9 Å². The number of hydrogen-bond acceptors (Lipinski definition) is 5. The van der Waals surface area contributed by atoms with E-state index < -0.39 is 0 Å². The van der Waals surface area contributed by atoms with E-state index in [1.807, 2.05) is 12.1 Å². The first kappa shape index (κ1) is 16.6. The zero-order chi connectivity index (χ0) is 16.1. The minimum Gasteiger partial charge on any atom is -0.493 e. The third kappa shape index (κ3) is 3.51. The number of imidazole rings is 1. The predicted octanol–water partition coefficient (Wildman–Crippen LogP) is 1.51. The molecule has 0 amide bonds. The Balaban J connectivity index is 2.42. The molecule has 2 aromatic rings. The van der Waals surface area contributed by atoms with Gasteiger partial charge in [-0.25, -0.2) is 4.98 Å². The van der Waals surface area contributed by atoms with Crippen LogP contribution in [0.2, 0.25) is 0 Å². The van der Waals surface area contributed by atoms with Crippen LogP contribution >= 0.6 is 0 Å². The molecule has 6 nitrogen and oxygen atoms in total. The molecule has 0 aliphatic heterocycles. The fraction of sp³-hybridized carbons (Fsp3) is 0.562. The van der Waals surface area contributed by atoms with Gasteiger partial charge in [0.25, 0.3) is 0 Å². The monoisotopic (exact) mass is 306 g/mol. The number of hydrogen-bond donors (Lipinski definition) is 1. The summed E-state index contributed by atoms with van der Waals surface area (Å²) in [6.07, 6.45) is 1.83. The molecule has 22 heavy (non-hydrogen) atoms. The minimum absolute atomic E-state index is 0.589. The highest BCUT2D eigenvalue weighted by Gasteiger charge is 2.14. The molecule has 0 fully saturated rings. The van der Waals surface area contributed by atoms with Crippen LogP contribution in [0.3, 0.4) is 0 Å². The molecule has 6 heteroatoms. The second-order valence-corrected chi connectivity index (χ2v) is 5.57. The van der Waals surface area contributed by atoms with Gasteiger partial charge in [0.05, 0.1) is 25.3 Å². The number of fused-ring (bicyclic) bond motifs is 1. The Labute approximate surface area is 131 Å². The zero-order valence-corrected chi connectivity index (χ0v) is 13.9. The van der Waals surface area contributed by atoms with Crippen LogP contribution in [0.4, 0.5) is 0 Å². The summed E-state index contributed by atoms with van der Waals surface area (Å²) in [6.45, 7) is 2.54. The van der Waals surface area contributed by atoms with Crippen molar-refractivity contribution in [2.24, 2.45) is 5.73 Å². The summed E-state index contributed by atoms with van der Waals surface area (Å²) in [5.41, 5.74) is 7.72. The second kappa shape index (κ2) is 7.47. The summed E-state index contributed by atoms with van der Waals surface area (Å²) in [5, 5.41) is 0. The molecular weight excluding hydrogens is 280 g/mol. The highest BCUT2D eigenvalue weighted by Crippen LogP contribution is 2.32. The van der Waals surface area contributed by atoms with E-state index >= 15 is 0 Å². The molecule has 0 atom stereocenters. The molecule has 0 saturated heterocycles. The highest BCUT2D eigenvalue weighted by atomic mass is 16.5. The average Bonchev–Trinajstić information content (AvgIpc) is 2.82. The summed E-state index contributed by atoms with van der Waals surface area (Å²) in [6, 6.07) is 3.92. The molecule has 0 aliphatic carbocycles. The molecule has 0 spiro atoms. The fourth-order valence-corrected chi connectivity index (χ4v) is 2.62. The Morgan fingerprint density at radius 1 is 1.18 bits per heavy atom. The van der Waals surface area contributed by atoms with Crippen molar-refractivity contribution >= 4 is 11.0 Å². The molecule has 0 bridgehead atoms. The molecule has 0 saturated carbocycles. The van der Waals surface area contributed by atoms with Crippen molar-refractivity contribution < 1.29 is 9.47 Å². The van der Waals surface area contributed by atoms with Crippen molar-refractivity contribution in [3.8, 4) is 11.5 Å². The number of nitrogens with zero attached hydrogens (tertiary/aromatic N) is 3. The number of nitrogens with two attached hydrogens (primary N) is 1. The van der Waals surface area contributed by atoms with E-state index in [9.17, 15) is 0 Å². The molecule has 0 radical (unpaired) electrons. The molecule has 122 valence electrons. The van der Waals surface area contributed by atoms with E-state index in [0.717, 1.165) is 48.5 Å². The maximum Gasteiger partial charge on any atom is 0.163 e. The lowest BCUT2D eigenvalue weighted by molar-refractivity contribution is 0.355. The van der Waals surface area contributed by atoms with Crippen LogP contribution in [0.1, 0.15) is 12.2 Å². The summed E-state index contributed by atoms with van der Waals surface area (Å²) in [4.78, 5) is 6.90. The van der Waals surface area contributed by atoms with Crippen LogP contribution < -0.4 is 15.2 Å². The zero-order valence-electron chi connectivity index (χ0n) is 13.9. The van der Waals surface area contributed by atoms with Gasteiger partial charge in [0, 0.05) is 25.1 Å². The van der Waals surface area contributed by atoms with Crippen LogP contribution in [-0.2, 0) is 13.0 Å². The Morgan fingerprint density at radius 3 is 2.45 bits per heavy atom. The quantitative estimate of drug-likeness (QED) is 0.801. The summed E-state index contributed by atoms with van der Waals surface area (Å²) < 4.78 is 13.0. The van der Waals surface area contributed by atoms with E-state index in [2.05, 4.69) is 23.6 Å². The first-order valence-electron chi connectivity index (χ1n) is 7.56. The number of aryl methyl sites for hydroxylation is 1. The average molecular weight is 306 g/mol. The highest BCUT2D eigenvalue weighted by molar-refractivity contribution is 5.80. The number of benzene rings is 1. The van der Waals surface area contributed by atoms with E-state index in [1.54, 1.807) is 14.2 Å². The fourth-order valence-electron chi connectivity index (χ4n) is 2.62. The van der Waals surface area contributed by atoms with E-state index in [4.69, 9.17) is 20.2 Å². The SMILES string of the molecule is COc1cc2nc(CCN)n(CCCN(C)C)c2cc1OC. The van der Waals surface area contributed by atoms with Crippen molar-refractivity contribution in [1.82, 2.24) is 14.5 Å². The van der Waals surface area contributed by atoms with E-state index in [0.29, 0.717) is 12.3 Å². The van der Waals surface area contributed by atoms with Gasteiger partial charge in [0.1, 0.15) is 5.82 Å². The lowest BCUT2D eigenvalue weighted by Gasteiger charge is -2.13. The largest absolute Gasteiger partial charge is 0.493 e. The van der Waals surface area contributed by atoms with Gasteiger partial charge in [-0.3, -0.25) is 0 Å². The molecule has 2 rings (SSSR count). The Bertz CT molecular complexity index is 622. The van der Waals surface area contributed by atoms with E-state index in [-0.39, 0.29) is 0 Å². The molecule has 2 N–H and O–H groups in total. The summed E-state index contributed by atoms with van der Waals surface area (Å²) in [5.74, 6) is 2.45. The third-order valence-electron chi connectivity index (χ3n) is 3.69. The van der Waals surface area contributed by atoms with Crippen LogP contribution in [0, 0.1) is 0 Å². The van der Waals surface area contributed by atoms with Crippen LogP contribution in [0.15, 0.2) is 12.1 Å². The topological polar surface area (TPSA) is 65.5 Å². The number of methoxy groups -OCH3 is 2. The smallest absolute Gasteiger partial charge is 0.163 e.